The molecular formula is C19H25N3O5S. The lowest BCUT2D eigenvalue weighted by molar-refractivity contribution is 0.118. The highest BCUT2D eigenvalue weighted by molar-refractivity contribution is 7.89. The van der Waals surface area contributed by atoms with Crippen LogP contribution in [0, 0.1) is 13.8 Å². The Hall–Kier alpha value is -2.39. The molecule has 1 aliphatic rings. The topological polar surface area (TPSA) is 90.9 Å². The number of aromatic nitrogens is 2. The Morgan fingerprint density at radius 1 is 1.07 bits per heavy atom. The van der Waals surface area contributed by atoms with Crippen molar-refractivity contribution in [2.45, 2.75) is 37.7 Å². The molecule has 1 atom stereocenters. The second-order valence-corrected chi connectivity index (χ2v) is 8.60. The number of hydrogen-bond donors (Lipinski definition) is 0. The van der Waals surface area contributed by atoms with Gasteiger partial charge < -0.3 is 14.2 Å². The second-order valence-electron chi connectivity index (χ2n) is 6.70. The van der Waals surface area contributed by atoms with E-state index in [2.05, 4.69) is 9.97 Å². The van der Waals surface area contributed by atoms with E-state index in [1.165, 1.54) is 24.6 Å². The molecule has 0 radical (unpaired) electrons. The van der Waals surface area contributed by atoms with Crippen LogP contribution in [0.2, 0.25) is 0 Å². The summed E-state index contributed by atoms with van der Waals surface area (Å²) in [6, 6.07) is 6.82. The van der Waals surface area contributed by atoms with Crippen LogP contribution in [0.15, 0.2) is 29.2 Å². The van der Waals surface area contributed by atoms with E-state index >= 15 is 0 Å². The number of benzene rings is 1. The van der Waals surface area contributed by atoms with Gasteiger partial charge in [-0.3, -0.25) is 0 Å². The summed E-state index contributed by atoms with van der Waals surface area (Å²) in [7, 11) is -0.783. The van der Waals surface area contributed by atoms with Crippen molar-refractivity contribution in [1.82, 2.24) is 14.3 Å². The predicted molar refractivity (Wildman–Crippen MR) is 103 cm³/mol. The van der Waals surface area contributed by atoms with Crippen LogP contribution in [0.5, 0.6) is 17.5 Å². The van der Waals surface area contributed by atoms with Gasteiger partial charge in [0.15, 0.2) is 0 Å². The fourth-order valence-corrected chi connectivity index (χ4v) is 4.89. The molecule has 0 spiro atoms. The van der Waals surface area contributed by atoms with Crippen molar-refractivity contribution >= 4 is 10.0 Å². The molecule has 9 heteroatoms. The van der Waals surface area contributed by atoms with Crippen molar-refractivity contribution in [2.24, 2.45) is 0 Å². The van der Waals surface area contributed by atoms with Gasteiger partial charge in [-0.2, -0.15) is 4.31 Å². The maximum Gasteiger partial charge on any atom is 0.317 e. The molecule has 1 fully saturated rings. The number of methoxy groups -OCH3 is 2. The fraction of sp³-hybridized carbons (Fsp3) is 0.474. The van der Waals surface area contributed by atoms with Crippen molar-refractivity contribution < 1.29 is 22.6 Å². The Kier molecular flexibility index (Phi) is 6.04. The molecule has 0 aliphatic carbocycles. The monoisotopic (exact) mass is 407 g/mol. The highest BCUT2D eigenvalue weighted by atomic mass is 32.2. The minimum atomic E-state index is -3.74. The average molecular weight is 407 g/mol. The van der Waals surface area contributed by atoms with Gasteiger partial charge >= 0.3 is 6.01 Å². The molecule has 2 heterocycles. The largest absolute Gasteiger partial charge is 0.497 e. The van der Waals surface area contributed by atoms with Crippen molar-refractivity contribution in [3.8, 4) is 17.5 Å². The first-order valence-electron chi connectivity index (χ1n) is 9.04. The van der Waals surface area contributed by atoms with Crippen LogP contribution in [0.25, 0.3) is 0 Å². The van der Waals surface area contributed by atoms with Gasteiger partial charge in [0, 0.05) is 24.0 Å². The molecule has 2 aromatic rings. The van der Waals surface area contributed by atoms with E-state index in [1.54, 1.807) is 12.1 Å². The minimum absolute atomic E-state index is 0.110. The van der Waals surface area contributed by atoms with Crippen LogP contribution in [0.4, 0.5) is 0 Å². The number of nitrogens with zero attached hydrogens (tertiary/aromatic N) is 3. The van der Waals surface area contributed by atoms with Crippen LogP contribution in [0.3, 0.4) is 0 Å². The number of rotatable bonds is 6. The maximum atomic E-state index is 13.2. The van der Waals surface area contributed by atoms with Gasteiger partial charge in [-0.05, 0) is 44.9 Å². The van der Waals surface area contributed by atoms with Gasteiger partial charge in [-0.1, -0.05) is 0 Å². The third-order valence-corrected chi connectivity index (χ3v) is 6.47. The third kappa shape index (κ3) is 4.36. The SMILES string of the molecule is COc1ccc(S(=O)(=O)N2CCCC(Oc3nc(C)cc(C)n3)C2)c(OC)c1. The Balaban J connectivity index is 1.81. The normalized spacial score (nSPS) is 17.9. The Morgan fingerprint density at radius 3 is 2.43 bits per heavy atom. The highest BCUT2D eigenvalue weighted by Crippen LogP contribution is 2.32. The van der Waals surface area contributed by atoms with Gasteiger partial charge in [0.05, 0.1) is 20.8 Å². The number of ether oxygens (including phenoxy) is 3. The molecule has 152 valence electrons. The molecule has 1 aromatic heterocycles. The molecule has 3 rings (SSSR count). The van der Waals surface area contributed by atoms with E-state index in [0.717, 1.165) is 17.8 Å². The molecule has 1 aromatic carbocycles. The molecule has 8 nitrogen and oxygen atoms in total. The lowest BCUT2D eigenvalue weighted by Gasteiger charge is -2.32. The van der Waals surface area contributed by atoms with Gasteiger partial charge in [0.1, 0.15) is 22.5 Å². The van der Waals surface area contributed by atoms with E-state index in [1.807, 2.05) is 19.9 Å². The lowest BCUT2D eigenvalue weighted by atomic mass is 10.1. The summed E-state index contributed by atoms with van der Waals surface area (Å²) in [5.41, 5.74) is 1.62. The van der Waals surface area contributed by atoms with Gasteiger partial charge in [0.2, 0.25) is 10.0 Å². The summed E-state index contributed by atoms with van der Waals surface area (Å²) in [4.78, 5) is 8.68. The number of hydrogen-bond acceptors (Lipinski definition) is 7. The molecule has 1 aliphatic heterocycles. The predicted octanol–water partition coefficient (Wildman–Crippen LogP) is 2.34. The van der Waals surface area contributed by atoms with Crippen LogP contribution in [0.1, 0.15) is 24.2 Å². The minimum Gasteiger partial charge on any atom is -0.497 e. The summed E-state index contributed by atoms with van der Waals surface area (Å²) in [5.74, 6) is 0.780. The first-order valence-corrected chi connectivity index (χ1v) is 10.5. The molecule has 0 bridgehead atoms. The number of piperidine rings is 1. The smallest absolute Gasteiger partial charge is 0.317 e. The second kappa shape index (κ2) is 8.32. The van der Waals surface area contributed by atoms with Gasteiger partial charge in [-0.25, -0.2) is 18.4 Å². The standard InChI is InChI=1S/C19H25N3O5S/c1-13-10-14(2)21-19(20-13)27-16-6-5-9-22(12-16)28(23,24)18-8-7-15(25-3)11-17(18)26-4/h7-8,10-11,16H,5-6,9,12H2,1-4H3. The highest BCUT2D eigenvalue weighted by Gasteiger charge is 2.33. The molecule has 0 saturated carbocycles. The Bertz CT molecular complexity index is 928. The van der Waals surface area contributed by atoms with Gasteiger partial charge in [0.25, 0.3) is 0 Å². The molecule has 28 heavy (non-hydrogen) atoms. The fourth-order valence-electron chi connectivity index (χ4n) is 3.24. The van der Waals surface area contributed by atoms with Crippen LogP contribution >= 0.6 is 0 Å². The Labute approximate surface area is 165 Å². The summed E-state index contributed by atoms with van der Waals surface area (Å²) in [5, 5.41) is 0. The zero-order chi connectivity index (χ0) is 20.3. The summed E-state index contributed by atoms with van der Waals surface area (Å²) < 4.78 is 44.1. The zero-order valence-corrected chi connectivity index (χ0v) is 17.3. The lowest BCUT2D eigenvalue weighted by Crippen LogP contribution is -2.44. The summed E-state index contributed by atoms with van der Waals surface area (Å²) in [6.07, 6.45) is 1.11. The summed E-state index contributed by atoms with van der Waals surface area (Å²) in [6.45, 7) is 4.39. The van der Waals surface area contributed by atoms with Crippen molar-refractivity contribution in [2.75, 3.05) is 27.3 Å². The first kappa shape index (κ1) is 20.3. The van der Waals surface area contributed by atoms with Gasteiger partial charge in [-0.15, -0.1) is 0 Å². The third-order valence-electron chi connectivity index (χ3n) is 4.56. The maximum absolute atomic E-state index is 13.2. The molecule has 1 saturated heterocycles. The average Bonchev–Trinajstić information content (AvgIpc) is 2.66. The van der Waals surface area contributed by atoms with Crippen LogP contribution in [-0.4, -0.2) is 56.1 Å². The van der Waals surface area contributed by atoms with Crippen molar-refractivity contribution in [3.05, 3.63) is 35.7 Å². The van der Waals surface area contributed by atoms with Crippen LogP contribution in [-0.2, 0) is 10.0 Å². The molecular weight excluding hydrogens is 382 g/mol. The first-order chi connectivity index (χ1) is 13.3. The van der Waals surface area contributed by atoms with E-state index in [9.17, 15) is 8.42 Å². The summed E-state index contributed by atoms with van der Waals surface area (Å²) >= 11 is 0. The molecule has 0 N–H and O–H groups in total. The zero-order valence-electron chi connectivity index (χ0n) is 16.5. The quantitative estimate of drug-likeness (QED) is 0.726. The van der Waals surface area contributed by atoms with E-state index in [-0.39, 0.29) is 29.3 Å². The van der Waals surface area contributed by atoms with Crippen molar-refractivity contribution in [3.63, 3.8) is 0 Å². The van der Waals surface area contributed by atoms with Crippen LogP contribution < -0.4 is 14.2 Å². The van der Waals surface area contributed by atoms with E-state index in [4.69, 9.17) is 14.2 Å². The van der Waals surface area contributed by atoms with Crippen molar-refractivity contribution in [1.29, 1.82) is 0 Å². The van der Waals surface area contributed by atoms with E-state index in [0.29, 0.717) is 18.7 Å². The Morgan fingerprint density at radius 2 is 1.79 bits per heavy atom. The number of sulfonamides is 1. The molecule has 1 unspecified atom stereocenters. The molecule has 0 amide bonds. The number of aryl methyl sites for hydroxylation is 2. The van der Waals surface area contributed by atoms with E-state index < -0.39 is 10.0 Å².